The number of halogens is 1. The van der Waals surface area contributed by atoms with E-state index in [9.17, 15) is 4.79 Å². The van der Waals surface area contributed by atoms with Crippen molar-refractivity contribution in [2.24, 2.45) is 0 Å². The molecule has 0 atom stereocenters. The van der Waals surface area contributed by atoms with Gasteiger partial charge in [-0.2, -0.15) is 0 Å². The van der Waals surface area contributed by atoms with Crippen LogP contribution >= 0.6 is 11.6 Å². The monoisotopic (exact) mass is 330 g/mol. The molecular weight excluding hydrogens is 312 g/mol. The molecule has 2 N–H and O–H groups in total. The van der Waals surface area contributed by atoms with E-state index in [4.69, 9.17) is 16.8 Å². The topological polar surface area (TPSA) is 52.6 Å². The summed E-state index contributed by atoms with van der Waals surface area (Å²) < 4.78 is 0. The summed E-state index contributed by atoms with van der Waals surface area (Å²) in [7, 11) is 0. The molecule has 2 aromatic rings. The molecule has 1 aliphatic rings. The van der Waals surface area contributed by atoms with Crippen LogP contribution in [-0.2, 0) is 13.0 Å². The van der Waals surface area contributed by atoms with Crippen LogP contribution in [0.4, 0.5) is 5.69 Å². The van der Waals surface area contributed by atoms with E-state index in [0.717, 1.165) is 36.5 Å². The number of benzene rings is 2. The Morgan fingerprint density at radius 1 is 1.17 bits per heavy atom. The molecule has 0 aromatic heterocycles. The maximum absolute atomic E-state index is 11.4. The van der Waals surface area contributed by atoms with Gasteiger partial charge in [0.1, 0.15) is 0 Å². The number of anilines is 1. The van der Waals surface area contributed by atoms with Crippen molar-refractivity contribution in [1.82, 2.24) is 5.48 Å². The standard InChI is InChI=1S/C18H19ClN2O2/c19-16-9-8-14-3-1-2-10-21(17(14)11-16)12-13-4-6-15(7-5-13)18(22)20-23/h4-9,11,23H,1-3,10,12H2,(H,20,22). The lowest BCUT2D eigenvalue weighted by molar-refractivity contribution is 0.0706. The summed E-state index contributed by atoms with van der Waals surface area (Å²) in [5.41, 5.74) is 5.74. The Morgan fingerprint density at radius 3 is 2.70 bits per heavy atom. The van der Waals surface area contributed by atoms with Crippen molar-refractivity contribution in [1.29, 1.82) is 0 Å². The summed E-state index contributed by atoms with van der Waals surface area (Å²) in [6.07, 6.45) is 3.41. The van der Waals surface area contributed by atoms with Crippen LogP contribution in [0.25, 0.3) is 0 Å². The van der Waals surface area contributed by atoms with Crippen LogP contribution in [0.3, 0.4) is 0 Å². The van der Waals surface area contributed by atoms with Gasteiger partial charge >= 0.3 is 0 Å². The molecule has 0 saturated heterocycles. The zero-order valence-corrected chi connectivity index (χ0v) is 13.5. The maximum Gasteiger partial charge on any atom is 0.274 e. The molecule has 0 unspecified atom stereocenters. The van der Waals surface area contributed by atoms with E-state index in [2.05, 4.69) is 11.0 Å². The fourth-order valence-corrected chi connectivity index (χ4v) is 3.16. The summed E-state index contributed by atoms with van der Waals surface area (Å²) in [4.78, 5) is 13.7. The van der Waals surface area contributed by atoms with E-state index >= 15 is 0 Å². The first-order chi connectivity index (χ1) is 11.2. The van der Waals surface area contributed by atoms with Gasteiger partial charge in [-0.25, -0.2) is 5.48 Å². The number of nitrogens with one attached hydrogen (secondary N) is 1. The van der Waals surface area contributed by atoms with Crippen molar-refractivity contribution in [3.63, 3.8) is 0 Å². The quantitative estimate of drug-likeness (QED) is 0.665. The lowest BCUT2D eigenvalue weighted by Crippen LogP contribution is -2.23. The van der Waals surface area contributed by atoms with Gasteiger partial charge in [0.2, 0.25) is 0 Å². The molecule has 5 heteroatoms. The minimum absolute atomic E-state index is 0.440. The Bertz CT molecular complexity index is 701. The van der Waals surface area contributed by atoms with Crippen molar-refractivity contribution in [3.05, 3.63) is 64.2 Å². The van der Waals surface area contributed by atoms with Crippen LogP contribution in [-0.4, -0.2) is 17.7 Å². The van der Waals surface area contributed by atoms with Crippen LogP contribution in [0.2, 0.25) is 5.02 Å². The molecule has 3 rings (SSSR count). The molecular formula is C18H19ClN2O2. The van der Waals surface area contributed by atoms with E-state index in [1.165, 1.54) is 17.7 Å². The van der Waals surface area contributed by atoms with Crippen molar-refractivity contribution >= 4 is 23.2 Å². The highest BCUT2D eigenvalue weighted by atomic mass is 35.5. The lowest BCUT2D eigenvalue weighted by atomic mass is 10.1. The van der Waals surface area contributed by atoms with Crippen molar-refractivity contribution < 1.29 is 10.0 Å². The highest BCUT2D eigenvalue weighted by Gasteiger charge is 2.16. The van der Waals surface area contributed by atoms with Gasteiger partial charge in [-0.1, -0.05) is 29.8 Å². The third-order valence-electron chi connectivity index (χ3n) is 4.20. The first-order valence-corrected chi connectivity index (χ1v) is 8.12. The van der Waals surface area contributed by atoms with E-state index in [0.29, 0.717) is 5.56 Å². The fourth-order valence-electron chi connectivity index (χ4n) is 2.99. The van der Waals surface area contributed by atoms with Gasteiger partial charge in [0, 0.05) is 29.4 Å². The van der Waals surface area contributed by atoms with Crippen LogP contribution in [0.5, 0.6) is 0 Å². The SMILES string of the molecule is O=C(NO)c1ccc(CN2CCCCc3ccc(Cl)cc32)cc1. The molecule has 1 amide bonds. The molecule has 1 aliphatic heterocycles. The van der Waals surface area contributed by atoms with Crippen LogP contribution < -0.4 is 10.4 Å². The van der Waals surface area contributed by atoms with Gasteiger partial charge in [0.25, 0.3) is 5.91 Å². The van der Waals surface area contributed by atoms with Gasteiger partial charge < -0.3 is 4.90 Å². The second-order valence-electron chi connectivity index (χ2n) is 5.79. The normalized spacial score (nSPS) is 14.1. The number of hydroxylamine groups is 1. The molecule has 120 valence electrons. The first kappa shape index (κ1) is 15.8. The number of hydrogen-bond donors (Lipinski definition) is 2. The van der Waals surface area contributed by atoms with Crippen LogP contribution in [0.1, 0.15) is 34.3 Å². The van der Waals surface area contributed by atoms with Crippen molar-refractivity contribution in [2.45, 2.75) is 25.8 Å². The van der Waals surface area contributed by atoms with E-state index in [-0.39, 0.29) is 0 Å². The second-order valence-corrected chi connectivity index (χ2v) is 6.23. The number of carbonyl (C=O) groups excluding carboxylic acids is 1. The molecule has 0 spiro atoms. The van der Waals surface area contributed by atoms with Gasteiger partial charge in [0.15, 0.2) is 0 Å². The smallest absolute Gasteiger partial charge is 0.274 e. The predicted octanol–water partition coefficient (Wildman–Crippen LogP) is 3.80. The number of carbonyl (C=O) groups is 1. The summed E-state index contributed by atoms with van der Waals surface area (Å²) in [6.45, 7) is 1.76. The van der Waals surface area contributed by atoms with E-state index in [1.54, 1.807) is 17.6 Å². The third kappa shape index (κ3) is 3.66. The summed E-state index contributed by atoms with van der Waals surface area (Å²) in [6, 6.07) is 13.4. The molecule has 2 aromatic carbocycles. The molecule has 0 radical (unpaired) electrons. The first-order valence-electron chi connectivity index (χ1n) is 7.74. The van der Waals surface area contributed by atoms with Gasteiger partial charge in [-0.15, -0.1) is 0 Å². The molecule has 23 heavy (non-hydrogen) atoms. The van der Waals surface area contributed by atoms with Crippen molar-refractivity contribution in [3.8, 4) is 0 Å². The molecule has 4 nitrogen and oxygen atoms in total. The summed E-state index contributed by atoms with van der Waals surface area (Å²) in [5.74, 6) is -0.497. The minimum Gasteiger partial charge on any atom is -0.367 e. The highest BCUT2D eigenvalue weighted by Crippen LogP contribution is 2.30. The second kappa shape index (κ2) is 7.02. The van der Waals surface area contributed by atoms with Crippen LogP contribution in [0.15, 0.2) is 42.5 Å². The van der Waals surface area contributed by atoms with Gasteiger partial charge in [-0.05, 0) is 54.7 Å². The van der Waals surface area contributed by atoms with E-state index < -0.39 is 5.91 Å². The Kier molecular flexibility index (Phi) is 4.84. The minimum atomic E-state index is -0.497. The average molecular weight is 331 g/mol. The third-order valence-corrected chi connectivity index (χ3v) is 4.44. The number of amides is 1. The number of rotatable bonds is 3. The number of hydrogen-bond acceptors (Lipinski definition) is 3. The molecule has 0 aliphatic carbocycles. The Hall–Kier alpha value is -2.04. The lowest BCUT2D eigenvalue weighted by Gasteiger charge is -2.25. The Labute approximate surface area is 140 Å². The molecule has 0 saturated carbocycles. The maximum atomic E-state index is 11.4. The largest absolute Gasteiger partial charge is 0.367 e. The average Bonchev–Trinajstić information content (AvgIpc) is 2.77. The number of aryl methyl sites for hydroxylation is 1. The molecule has 0 fully saturated rings. The van der Waals surface area contributed by atoms with Crippen molar-refractivity contribution in [2.75, 3.05) is 11.4 Å². The summed E-state index contributed by atoms with van der Waals surface area (Å²) in [5, 5.41) is 9.42. The number of fused-ring (bicyclic) bond motifs is 1. The zero-order valence-electron chi connectivity index (χ0n) is 12.8. The fraction of sp³-hybridized carbons (Fsp3) is 0.278. The van der Waals surface area contributed by atoms with Gasteiger partial charge in [0.05, 0.1) is 0 Å². The van der Waals surface area contributed by atoms with Gasteiger partial charge in [-0.3, -0.25) is 10.0 Å². The predicted molar refractivity (Wildman–Crippen MR) is 91.1 cm³/mol. The highest BCUT2D eigenvalue weighted by molar-refractivity contribution is 6.30. The Balaban J connectivity index is 1.82. The summed E-state index contributed by atoms with van der Waals surface area (Å²) >= 11 is 6.18. The van der Waals surface area contributed by atoms with E-state index in [1.807, 2.05) is 24.3 Å². The zero-order chi connectivity index (χ0) is 16.2. The van der Waals surface area contributed by atoms with Crippen LogP contribution in [0, 0.1) is 0 Å². The Morgan fingerprint density at radius 2 is 1.96 bits per heavy atom. The number of nitrogens with zero attached hydrogens (tertiary/aromatic N) is 1. The molecule has 0 bridgehead atoms. The molecule has 1 heterocycles.